The van der Waals surface area contributed by atoms with Crippen molar-refractivity contribution < 1.29 is 9.53 Å². The molecule has 1 spiro atoms. The zero-order chi connectivity index (χ0) is 19.7. The number of para-hydroxylation sites is 1. The largest absolute Gasteiger partial charge is 0.493 e. The number of nitrogens with zero attached hydrogens (tertiary/aromatic N) is 1. The van der Waals surface area contributed by atoms with Gasteiger partial charge >= 0.3 is 0 Å². The maximum Gasteiger partial charge on any atom is 0.258 e. The molecule has 0 saturated heterocycles. The van der Waals surface area contributed by atoms with E-state index in [0.29, 0.717) is 0 Å². The van der Waals surface area contributed by atoms with E-state index < -0.39 is 0 Å². The van der Waals surface area contributed by atoms with Crippen LogP contribution >= 0.6 is 0 Å². The van der Waals surface area contributed by atoms with Crippen LogP contribution in [0.25, 0.3) is 0 Å². The summed E-state index contributed by atoms with van der Waals surface area (Å²) in [6.07, 6.45) is 13.0. The fourth-order valence-corrected chi connectivity index (χ4v) is 4.75. The van der Waals surface area contributed by atoms with E-state index in [1.54, 1.807) is 0 Å². The standard InChI is InChI=1S/C26H29NO2/c28-25(21-10-12-23(13-11-21)29-19-20-8-9-20)27-17-16-26(14-4-1-5-15-26)18-22-6-2-3-7-24(22)27/h2-4,6-7,10-14,20H,1,5,8-9,15-19H2. The minimum Gasteiger partial charge on any atom is -0.493 e. The van der Waals surface area contributed by atoms with Crippen LogP contribution in [0.5, 0.6) is 5.75 Å². The third-order valence-corrected chi connectivity index (χ3v) is 6.70. The molecule has 1 heterocycles. The number of allylic oxidation sites excluding steroid dienone is 2. The third-order valence-electron chi connectivity index (χ3n) is 6.70. The van der Waals surface area contributed by atoms with Gasteiger partial charge in [0, 0.05) is 17.8 Å². The Bertz CT molecular complexity index is 913. The maximum absolute atomic E-state index is 13.4. The monoisotopic (exact) mass is 387 g/mol. The molecule has 3 nitrogen and oxygen atoms in total. The van der Waals surface area contributed by atoms with Gasteiger partial charge in [-0.3, -0.25) is 4.79 Å². The van der Waals surface area contributed by atoms with Crippen molar-refractivity contribution in [3.05, 3.63) is 71.8 Å². The van der Waals surface area contributed by atoms with E-state index in [9.17, 15) is 4.79 Å². The number of anilines is 1. The second-order valence-corrected chi connectivity index (χ2v) is 8.95. The van der Waals surface area contributed by atoms with Crippen LogP contribution in [0.4, 0.5) is 5.69 Å². The number of carbonyl (C=O) groups excluding carboxylic acids is 1. The van der Waals surface area contributed by atoms with Crippen molar-refractivity contribution in [1.82, 2.24) is 0 Å². The van der Waals surface area contributed by atoms with Gasteiger partial charge in [0.2, 0.25) is 0 Å². The summed E-state index contributed by atoms with van der Waals surface area (Å²) in [5.41, 5.74) is 3.29. The van der Waals surface area contributed by atoms with E-state index >= 15 is 0 Å². The van der Waals surface area contributed by atoms with Gasteiger partial charge in [0.15, 0.2) is 0 Å². The number of ether oxygens (including phenoxy) is 1. The van der Waals surface area contributed by atoms with Gasteiger partial charge in [-0.15, -0.1) is 0 Å². The zero-order valence-electron chi connectivity index (χ0n) is 17.0. The van der Waals surface area contributed by atoms with Crippen LogP contribution in [-0.2, 0) is 6.42 Å². The molecule has 0 aromatic heterocycles. The van der Waals surface area contributed by atoms with Gasteiger partial charge in [-0.2, -0.15) is 0 Å². The molecule has 2 aromatic carbocycles. The van der Waals surface area contributed by atoms with Crippen LogP contribution in [0, 0.1) is 11.3 Å². The SMILES string of the molecule is O=C(c1ccc(OCC2CC2)cc1)N1CCC2(C=CCCC2)Cc2ccccc21. The van der Waals surface area contributed by atoms with E-state index in [2.05, 4.69) is 30.4 Å². The van der Waals surface area contributed by atoms with Crippen molar-refractivity contribution in [1.29, 1.82) is 0 Å². The molecular formula is C26H29NO2. The summed E-state index contributed by atoms with van der Waals surface area (Å²) in [5, 5.41) is 0. The fraction of sp³-hybridized carbons (Fsp3) is 0.423. The summed E-state index contributed by atoms with van der Waals surface area (Å²) < 4.78 is 5.83. The lowest BCUT2D eigenvalue weighted by Gasteiger charge is -2.32. The van der Waals surface area contributed by atoms with Crippen LogP contribution in [-0.4, -0.2) is 19.1 Å². The molecule has 5 rings (SSSR count). The molecule has 150 valence electrons. The Hall–Kier alpha value is -2.55. The number of benzene rings is 2. The van der Waals surface area contributed by atoms with Gasteiger partial charge in [-0.1, -0.05) is 30.4 Å². The Morgan fingerprint density at radius 1 is 1.07 bits per heavy atom. The van der Waals surface area contributed by atoms with E-state index in [-0.39, 0.29) is 11.3 Å². The molecule has 29 heavy (non-hydrogen) atoms. The lowest BCUT2D eigenvalue weighted by atomic mass is 9.72. The summed E-state index contributed by atoms with van der Waals surface area (Å²) in [5.74, 6) is 1.67. The predicted molar refractivity (Wildman–Crippen MR) is 117 cm³/mol. The Balaban J connectivity index is 1.38. The van der Waals surface area contributed by atoms with Crippen LogP contribution in [0.15, 0.2) is 60.7 Å². The number of hydrogen-bond acceptors (Lipinski definition) is 2. The maximum atomic E-state index is 13.4. The molecule has 3 aliphatic rings. The second kappa shape index (κ2) is 7.70. The van der Waals surface area contributed by atoms with E-state index in [0.717, 1.165) is 48.9 Å². The number of hydrogen-bond donors (Lipinski definition) is 0. The topological polar surface area (TPSA) is 29.5 Å². The molecule has 1 fully saturated rings. The van der Waals surface area contributed by atoms with Crippen molar-refractivity contribution in [2.75, 3.05) is 18.1 Å². The minimum atomic E-state index is 0.0861. The lowest BCUT2D eigenvalue weighted by Crippen LogP contribution is -2.33. The summed E-state index contributed by atoms with van der Waals surface area (Å²) >= 11 is 0. The fourth-order valence-electron chi connectivity index (χ4n) is 4.75. The van der Waals surface area contributed by atoms with Crippen molar-refractivity contribution in [3.63, 3.8) is 0 Å². The average Bonchev–Trinajstić information content (AvgIpc) is 3.60. The summed E-state index contributed by atoms with van der Waals surface area (Å²) in [6, 6.07) is 16.1. The quantitative estimate of drug-likeness (QED) is 0.621. The Morgan fingerprint density at radius 2 is 1.90 bits per heavy atom. The first-order valence-electron chi connectivity index (χ1n) is 11.0. The summed E-state index contributed by atoms with van der Waals surface area (Å²) in [6.45, 7) is 1.56. The number of rotatable bonds is 4. The summed E-state index contributed by atoms with van der Waals surface area (Å²) in [4.78, 5) is 15.4. The highest BCUT2D eigenvalue weighted by atomic mass is 16.5. The highest BCUT2D eigenvalue weighted by molar-refractivity contribution is 6.06. The number of carbonyl (C=O) groups is 1. The Labute approximate surface area is 173 Å². The van der Waals surface area contributed by atoms with Gasteiger partial charge in [0.25, 0.3) is 5.91 Å². The molecule has 1 aliphatic heterocycles. The van der Waals surface area contributed by atoms with E-state index in [4.69, 9.17) is 4.74 Å². The molecule has 1 saturated carbocycles. The minimum absolute atomic E-state index is 0.0861. The van der Waals surface area contributed by atoms with Crippen LogP contribution in [0.2, 0.25) is 0 Å². The van der Waals surface area contributed by atoms with Gasteiger partial charge < -0.3 is 9.64 Å². The highest BCUT2D eigenvalue weighted by Crippen LogP contribution is 2.43. The van der Waals surface area contributed by atoms with Gasteiger partial charge in [-0.25, -0.2) is 0 Å². The highest BCUT2D eigenvalue weighted by Gasteiger charge is 2.35. The van der Waals surface area contributed by atoms with Gasteiger partial charge in [0.1, 0.15) is 5.75 Å². The normalized spacial score (nSPS) is 23.5. The Morgan fingerprint density at radius 3 is 2.66 bits per heavy atom. The van der Waals surface area contributed by atoms with Crippen LogP contribution in [0.1, 0.15) is 54.4 Å². The molecule has 1 atom stereocenters. The zero-order valence-corrected chi connectivity index (χ0v) is 17.0. The van der Waals surface area contributed by atoms with Crippen molar-refractivity contribution in [3.8, 4) is 5.75 Å². The van der Waals surface area contributed by atoms with Gasteiger partial charge in [0.05, 0.1) is 6.61 Å². The molecule has 0 radical (unpaired) electrons. The molecule has 1 amide bonds. The molecule has 1 unspecified atom stereocenters. The molecule has 0 bridgehead atoms. The third kappa shape index (κ3) is 3.96. The van der Waals surface area contributed by atoms with E-state index in [1.165, 1.54) is 37.7 Å². The number of amides is 1. The van der Waals surface area contributed by atoms with Crippen molar-refractivity contribution in [2.24, 2.45) is 11.3 Å². The number of fused-ring (bicyclic) bond motifs is 1. The van der Waals surface area contributed by atoms with Crippen molar-refractivity contribution >= 4 is 11.6 Å². The molecule has 0 N–H and O–H groups in total. The lowest BCUT2D eigenvalue weighted by molar-refractivity contribution is 0.0985. The predicted octanol–water partition coefficient (Wildman–Crippen LogP) is 5.79. The molecule has 2 aliphatic carbocycles. The van der Waals surface area contributed by atoms with E-state index in [1.807, 2.05) is 35.2 Å². The average molecular weight is 388 g/mol. The first kappa shape index (κ1) is 18.5. The molecular weight excluding hydrogens is 358 g/mol. The van der Waals surface area contributed by atoms with Crippen molar-refractivity contribution in [2.45, 2.75) is 44.9 Å². The van der Waals surface area contributed by atoms with Gasteiger partial charge in [-0.05, 0) is 92.2 Å². The first-order chi connectivity index (χ1) is 14.2. The second-order valence-electron chi connectivity index (χ2n) is 8.95. The molecule has 3 heteroatoms. The van der Waals surface area contributed by atoms with Crippen LogP contribution in [0.3, 0.4) is 0 Å². The summed E-state index contributed by atoms with van der Waals surface area (Å²) in [7, 11) is 0. The van der Waals surface area contributed by atoms with Crippen LogP contribution < -0.4 is 9.64 Å². The Kier molecular flexibility index (Phi) is 4.91. The first-order valence-corrected chi connectivity index (χ1v) is 11.0. The smallest absolute Gasteiger partial charge is 0.258 e. The molecule has 2 aromatic rings.